The largest absolute Gasteiger partial charge is 0.376 e. The van der Waals surface area contributed by atoms with Crippen molar-refractivity contribution >= 4 is 29.3 Å². The van der Waals surface area contributed by atoms with Crippen molar-refractivity contribution in [3.8, 4) is 11.8 Å². The van der Waals surface area contributed by atoms with Crippen LogP contribution in [0.25, 0.3) is 0 Å². The first-order valence-corrected chi connectivity index (χ1v) is 4.25. The number of carbonyl (C=O) groups excluding carboxylic acids is 1. The maximum atomic E-state index is 9.97. The van der Waals surface area contributed by atoms with Gasteiger partial charge in [-0.25, -0.2) is 0 Å². The Hall–Kier alpha value is -1.86. The van der Waals surface area contributed by atoms with E-state index in [2.05, 4.69) is 29.4 Å². The maximum absolute atomic E-state index is 9.97. The van der Waals surface area contributed by atoms with Crippen LogP contribution in [0.3, 0.4) is 0 Å². The van der Waals surface area contributed by atoms with E-state index in [1.54, 1.807) is 24.3 Å². The standard InChI is InChI=1S/C10H8N2OS/c11-10(14)12-9-5-3-8(4-6-9)2-1-7-13/h3-7H,(H3,11,12,14). The highest BCUT2D eigenvalue weighted by Gasteiger charge is 1.92. The van der Waals surface area contributed by atoms with E-state index in [-0.39, 0.29) is 5.11 Å². The molecule has 0 atom stereocenters. The minimum absolute atomic E-state index is 0.219. The number of benzene rings is 1. The Morgan fingerprint density at radius 1 is 1.43 bits per heavy atom. The van der Waals surface area contributed by atoms with Crippen molar-refractivity contribution in [1.29, 1.82) is 0 Å². The molecule has 0 amide bonds. The Bertz CT molecular complexity index is 400. The fraction of sp³-hybridized carbons (Fsp3) is 0. The number of nitrogens with two attached hydrogens (primary N) is 1. The molecular formula is C10H8N2OS. The average molecular weight is 204 g/mol. The van der Waals surface area contributed by atoms with Crippen LogP contribution < -0.4 is 11.1 Å². The van der Waals surface area contributed by atoms with Gasteiger partial charge in [0.25, 0.3) is 0 Å². The molecule has 0 spiro atoms. The van der Waals surface area contributed by atoms with Crippen molar-refractivity contribution in [1.82, 2.24) is 0 Å². The first kappa shape index (κ1) is 10.2. The van der Waals surface area contributed by atoms with E-state index in [4.69, 9.17) is 5.73 Å². The molecule has 0 aliphatic rings. The number of rotatable bonds is 1. The van der Waals surface area contributed by atoms with E-state index < -0.39 is 0 Å². The fourth-order valence-corrected chi connectivity index (χ4v) is 1.01. The minimum Gasteiger partial charge on any atom is -0.376 e. The topological polar surface area (TPSA) is 55.1 Å². The summed E-state index contributed by atoms with van der Waals surface area (Å²) < 4.78 is 0. The number of nitrogens with one attached hydrogen (secondary N) is 1. The number of carbonyl (C=O) groups is 1. The van der Waals surface area contributed by atoms with Crippen molar-refractivity contribution < 1.29 is 4.79 Å². The molecule has 3 nitrogen and oxygen atoms in total. The Kier molecular flexibility index (Phi) is 3.65. The van der Waals surface area contributed by atoms with E-state index in [9.17, 15) is 4.79 Å². The smallest absolute Gasteiger partial charge is 0.193 e. The van der Waals surface area contributed by atoms with Crippen LogP contribution in [0, 0.1) is 11.8 Å². The third-order valence-corrected chi connectivity index (χ3v) is 1.53. The number of aldehydes is 1. The molecule has 3 N–H and O–H groups in total. The van der Waals surface area contributed by atoms with Gasteiger partial charge in [-0.15, -0.1) is 0 Å². The molecule has 0 saturated heterocycles. The molecule has 0 saturated carbocycles. The average Bonchev–Trinajstić information content (AvgIpc) is 2.16. The van der Waals surface area contributed by atoms with Crippen molar-refractivity contribution in [2.24, 2.45) is 5.73 Å². The van der Waals surface area contributed by atoms with Gasteiger partial charge in [0.15, 0.2) is 11.4 Å². The number of hydrogen-bond acceptors (Lipinski definition) is 2. The molecular weight excluding hydrogens is 196 g/mol. The molecule has 1 aromatic carbocycles. The molecule has 0 aliphatic carbocycles. The maximum Gasteiger partial charge on any atom is 0.193 e. The van der Waals surface area contributed by atoms with Gasteiger partial charge in [-0.2, -0.15) is 0 Å². The fourth-order valence-electron chi connectivity index (χ4n) is 0.892. The first-order chi connectivity index (χ1) is 6.72. The van der Waals surface area contributed by atoms with Crippen LogP contribution in [0.1, 0.15) is 5.56 Å². The lowest BCUT2D eigenvalue weighted by Gasteiger charge is -2.02. The van der Waals surface area contributed by atoms with Gasteiger partial charge in [0.2, 0.25) is 0 Å². The van der Waals surface area contributed by atoms with Crippen molar-refractivity contribution in [2.75, 3.05) is 5.32 Å². The number of thiocarbonyl (C=S) groups is 1. The summed E-state index contributed by atoms with van der Waals surface area (Å²) >= 11 is 4.67. The van der Waals surface area contributed by atoms with E-state index in [1.807, 2.05) is 0 Å². The molecule has 0 fully saturated rings. The van der Waals surface area contributed by atoms with Crippen molar-refractivity contribution in [3.63, 3.8) is 0 Å². The van der Waals surface area contributed by atoms with Gasteiger partial charge in [-0.3, -0.25) is 4.79 Å². The highest BCUT2D eigenvalue weighted by Crippen LogP contribution is 2.07. The van der Waals surface area contributed by atoms with E-state index >= 15 is 0 Å². The molecule has 0 aromatic heterocycles. The van der Waals surface area contributed by atoms with Crippen LogP contribution in [-0.2, 0) is 4.79 Å². The lowest BCUT2D eigenvalue weighted by atomic mass is 10.2. The zero-order valence-electron chi connectivity index (χ0n) is 7.28. The Morgan fingerprint density at radius 2 is 2.07 bits per heavy atom. The van der Waals surface area contributed by atoms with Crippen LogP contribution >= 0.6 is 12.2 Å². The van der Waals surface area contributed by atoms with Crippen LogP contribution in [0.15, 0.2) is 24.3 Å². The zero-order valence-corrected chi connectivity index (χ0v) is 8.10. The predicted molar refractivity (Wildman–Crippen MR) is 59.8 cm³/mol. The molecule has 0 bridgehead atoms. The quantitative estimate of drug-likeness (QED) is 0.405. The zero-order chi connectivity index (χ0) is 10.4. The Balaban J connectivity index is 2.78. The highest BCUT2D eigenvalue weighted by molar-refractivity contribution is 7.80. The summed E-state index contributed by atoms with van der Waals surface area (Å²) in [4.78, 5) is 9.97. The SMILES string of the molecule is NC(=S)Nc1ccc(C#CC=O)cc1. The molecule has 1 rings (SSSR count). The van der Waals surface area contributed by atoms with Crippen molar-refractivity contribution in [2.45, 2.75) is 0 Å². The normalized spacial score (nSPS) is 8.29. The molecule has 0 heterocycles. The summed E-state index contributed by atoms with van der Waals surface area (Å²) in [7, 11) is 0. The highest BCUT2D eigenvalue weighted by atomic mass is 32.1. The molecule has 0 aliphatic heterocycles. The van der Waals surface area contributed by atoms with E-state index in [1.165, 1.54) is 0 Å². The van der Waals surface area contributed by atoms with E-state index in [0.717, 1.165) is 11.3 Å². The van der Waals surface area contributed by atoms with Gasteiger partial charge in [0.05, 0.1) is 0 Å². The van der Waals surface area contributed by atoms with Gasteiger partial charge < -0.3 is 11.1 Å². The molecule has 1 aromatic rings. The van der Waals surface area contributed by atoms with Gasteiger partial charge >= 0.3 is 0 Å². The second kappa shape index (κ2) is 5.00. The third-order valence-electron chi connectivity index (χ3n) is 1.43. The number of anilines is 1. The minimum atomic E-state index is 0.219. The lowest BCUT2D eigenvalue weighted by Crippen LogP contribution is -2.18. The second-order valence-electron chi connectivity index (χ2n) is 2.45. The molecule has 70 valence electrons. The molecule has 4 heteroatoms. The summed E-state index contributed by atoms with van der Waals surface area (Å²) in [5, 5.41) is 3.00. The van der Waals surface area contributed by atoms with Crippen molar-refractivity contribution in [3.05, 3.63) is 29.8 Å². The summed E-state index contributed by atoms with van der Waals surface area (Å²) in [6, 6.07) is 7.12. The van der Waals surface area contributed by atoms with Crippen LogP contribution in [0.4, 0.5) is 5.69 Å². The third kappa shape index (κ3) is 3.25. The Morgan fingerprint density at radius 3 is 2.57 bits per heavy atom. The summed E-state index contributed by atoms with van der Waals surface area (Å²) in [6.07, 6.45) is 0.557. The summed E-state index contributed by atoms with van der Waals surface area (Å²) in [5.41, 5.74) is 6.86. The van der Waals surface area contributed by atoms with Crippen LogP contribution in [0.2, 0.25) is 0 Å². The first-order valence-electron chi connectivity index (χ1n) is 3.84. The molecule has 0 radical (unpaired) electrons. The van der Waals surface area contributed by atoms with Gasteiger partial charge in [0, 0.05) is 11.3 Å². The monoisotopic (exact) mass is 204 g/mol. The summed E-state index contributed by atoms with van der Waals surface area (Å²) in [5.74, 6) is 4.99. The van der Waals surface area contributed by atoms with Gasteiger partial charge in [-0.05, 0) is 42.4 Å². The van der Waals surface area contributed by atoms with Gasteiger partial charge in [-0.1, -0.05) is 5.92 Å². The summed E-state index contributed by atoms with van der Waals surface area (Å²) in [6.45, 7) is 0. The van der Waals surface area contributed by atoms with E-state index in [0.29, 0.717) is 6.29 Å². The number of hydrogen-bond donors (Lipinski definition) is 2. The Labute approximate surface area is 87.3 Å². The van der Waals surface area contributed by atoms with Crippen LogP contribution in [0.5, 0.6) is 0 Å². The lowest BCUT2D eigenvalue weighted by molar-refractivity contribution is -0.103. The molecule has 0 unspecified atom stereocenters. The molecule has 14 heavy (non-hydrogen) atoms. The second-order valence-corrected chi connectivity index (χ2v) is 2.89. The van der Waals surface area contributed by atoms with Gasteiger partial charge in [0.1, 0.15) is 0 Å². The predicted octanol–water partition coefficient (Wildman–Crippen LogP) is 0.893. The van der Waals surface area contributed by atoms with Crippen LogP contribution in [-0.4, -0.2) is 11.4 Å².